The lowest BCUT2D eigenvalue weighted by atomic mass is 10.0. The highest BCUT2D eigenvalue weighted by Crippen LogP contribution is 2.40. The molecule has 0 spiro atoms. The number of halogens is 1. The van der Waals surface area contributed by atoms with Crippen LogP contribution < -0.4 is 20.7 Å². The van der Waals surface area contributed by atoms with Crippen LogP contribution in [0.1, 0.15) is 47.8 Å². The van der Waals surface area contributed by atoms with E-state index in [0.717, 1.165) is 0 Å². The van der Waals surface area contributed by atoms with E-state index < -0.39 is 17.9 Å². The summed E-state index contributed by atoms with van der Waals surface area (Å²) in [5.74, 6) is -0.607. The van der Waals surface area contributed by atoms with Crippen molar-refractivity contribution < 1.29 is 28.7 Å². The third kappa shape index (κ3) is 4.72. The van der Waals surface area contributed by atoms with Gasteiger partial charge in [-0.05, 0) is 36.8 Å². The molecule has 0 saturated heterocycles. The number of nitrogens with two attached hydrogens (primary N) is 1. The standard InChI is InChI=1S/C22H24ClN3O6/c1-4-31-19-9-13(5-8-18(19)30-3)17(10-20(28)25-32-12(2)27)26-11-14-15(23)6-7-16(24)21(14)22(26)29/h5-9,17H,4,10-11,24H2,1-3H3,(H,25,28). The molecule has 2 aromatic carbocycles. The van der Waals surface area contributed by atoms with Gasteiger partial charge in [0.2, 0.25) is 0 Å². The van der Waals surface area contributed by atoms with E-state index in [2.05, 4.69) is 10.3 Å². The second-order valence-electron chi connectivity index (χ2n) is 7.11. The first-order valence-corrected chi connectivity index (χ1v) is 10.3. The number of carbonyl (C=O) groups excluding carboxylic acids is 3. The maximum atomic E-state index is 13.3. The largest absolute Gasteiger partial charge is 0.493 e. The van der Waals surface area contributed by atoms with Gasteiger partial charge in [-0.1, -0.05) is 17.7 Å². The van der Waals surface area contributed by atoms with Gasteiger partial charge >= 0.3 is 5.97 Å². The minimum atomic E-state index is -0.717. The van der Waals surface area contributed by atoms with Crippen LogP contribution in [-0.2, 0) is 21.0 Å². The Morgan fingerprint density at radius 2 is 2.00 bits per heavy atom. The fourth-order valence-electron chi connectivity index (χ4n) is 3.61. The lowest BCUT2D eigenvalue weighted by Crippen LogP contribution is -2.35. The van der Waals surface area contributed by atoms with E-state index in [-0.39, 0.29) is 18.9 Å². The minimum Gasteiger partial charge on any atom is -0.493 e. The van der Waals surface area contributed by atoms with Crippen LogP contribution in [-0.4, -0.2) is 36.4 Å². The number of nitrogen functional groups attached to an aromatic ring is 1. The normalized spacial score (nSPS) is 13.4. The number of nitrogens with zero attached hydrogens (tertiary/aromatic N) is 1. The van der Waals surface area contributed by atoms with Gasteiger partial charge in [0.25, 0.3) is 11.8 Å². The summed E-state index contributed by atoms with van der Waals surface area (Å²) in [6.07, 6.45) is -0.178. The molecule has 1 aliphatic heterocycles. The fraction of sp³-hybridized carbons (Fsp3) is 0.318. The Morgan fingerprint density at radius 3 is 2.62 bits per heavy atom. The number of hydroxylamine groups is 1. The van der Waals surface area contributed by atoms with Gasteiger partial charge in [-0.2, -0.15) is 5.48 Å². The molecule has 10 heteroatoms. The number of benzene rings is 2. The molecule has 0 bridgehead atoms. The Bertz CT molecular complexity index is 1060. The average Bonchev–Trinajstić information content (AvgIpc) is 3.11. The predicted molar refractivity (Wildman–Crippen MR) is 117 cm³/mol. The van der Waals surface area contributed by atoms with Crippen molar-refractivity contribution in [2.24, 2.45) is 0 Å². The maximum Gasteiger partial charge on any atom is 0.329 e. The summed E-state index contributed by atoms with van der Waals surface area (Å²) < 4.78 is 11.0. The van der Waals surface area contributed by atoms with Gasteiger partial charge in [0, 0.05) is 29.7 Å². The quantitative estimate of drug-likeness (QED) is 0.480. The van der Waals surface area contributed by atoms with E-state index in [9.17, 15) is 14.4 Å². The van der Waals surface area contributed by atoms with Crippen LogP contribution in [0, 0.1) is 0 Å². The second kappa shape index (κ2) is 9.78. The number of rotatable bonds is 7. The SMILES string of the molecule is CCOc1cc(C(CC(=O)NOC(C)=O)N2Cc3c(Cl)ccc(N)c3C2=O)ccc1OC. The van der Waals surface area contributed by atoms with Crippen LogP contribution in [0.5, 0.6) is 11.5 Å². The van der Waals surface area contributed by atoms with Gasteiger partial charge in [-0.3, -0.25) is 14.4 Å². The fourth-order valence-corrected chi connectivity index (χ4v) is 3.83. The molecule has 170 valence electrons. The van der Waals surface area contributed by atoms with E-state index in [4.69, 9.17) is 26.8 Å². The molecule has 1 atom stereocenters. The molecule has 0 fully saturated rings. The molecule has 0 radical (unpaired) electrons. The molecule has 1 aliphatic rings. The summed E-state index contributed by atoms with van der Waals surface area (Å²) in [4.78, 5) is 43.0. The molecular weight excluding hydrogens is 438 g/mol. The maximum absolute atomic E-state index is 13.3. The molecule has 2 aromatic rings. The zero-order valence-corrected chi connectivity index (χ0v) is 18.7. The monoisotopic (exact) mass is 461 g/mol. The van der Waals surface area contributed by atoms with Gasteiger partial charge in [-0.25, -0.2) is 0 Å². The van der Waals surface area contributed by atoms with Gasteiger partial charge in [-0.15, -0.1) is 0 Å². The van der Waals surface area contributed by atoms with Crippen molar-refractivity contribution >= 4 is 35.1 Å². The van der Waals surface area contributed by atoms with E-state index in [1.165, 1.54) is 18.9 Å². The summed E-state index contributed by atoms with van der Waals surface area (Å²) in [7, 11) is 1.52. The van der Waals surface area contributed by atoms with E-state index in [1.807, 2.05) is 6.92 Å². The van der Waals surface area contributed by atoms with Crippen molar-refractivity contribution in [3.8, 4) is 11.5 Å². The lowest BCUT2D eigenvalue weighted by Gasteiger charge is -2.28. The van der Waals surface area contributed by atoms with Crippen molar-refractivity contribution in [1.29, 1.82) is 0 Å². The number of anilines is 1. The third-order valence-electron chi connectivity index (χ3n) is 5.03. The Balaban J connectivity index is 2.00. The Kier molecular flexibility index (Phi) is 7.09. The van der Waals surface area contributed by atoms with Crippen molar-refractivity contribution in [2.75, 3.05) is 19.5 Å². The van der Waals surface area contributed by atoms with Gasteiger partial charge < -0.3 is 24.9 Å². The number of nitrogens with one attached hydrogen (secondary N) is 1. The summed E-state index contributed by atoms with van der Waals surface area (Å²) in [6, 6.07) is 7.65. The Hall–Kier alpha value is -3.46. The van der Waals surface area contributed by atoms with Gasteiger partial charge in [0.1, 0.15) is 0 Å². The first-order valence-electron chi connectivity index (χ1n) is 9.91. The highest BCUT2D eigenvalue weighted by molar-refractivity contribution is 6.32. The Labute approximate surface area is 190 Å². The third-order valence-corrected chi connectivity index (χ3v) is 5.38. The molecule has 1 unspecified atom stereocenters. The van der Waals surface area contributed by atoms with Crippen molar-refractivity contribution in [3.63, 3.8) is 0 Å². The highest BCUT2D eigenvalue weighted by atomic mass is 35.5. The van der Waals surface area contributed by atoms with E-state index in [1.54, 1.807) is 30.3 Å². The molecule has 32 heavy (non-hydrogen) atoms. The number of methoxy groups -OCH3 is 1. The van der Waals surface area contributed by atoms with Crippen LogP contribution in [0.2, 0.25) is 5.02 Å². The van der Waals surface area contributed by atoms with E-state index >= 15 is 0 Å². The molecule has 0 aromatic heterocycles. The van der Waals surface area contributed by atoms with Crippen molar-refractivity contribution in [1.82, 2.24) is 10.4 Å². The van der Waals surface area contributed by atoms with Crippen molar-refractivity contribution in [2.45, 2.75) is 32.9 Å². The smallest absolute Gasteiger partial charge is 0.329 e. The predicted octanol–water partition coefficient (Wildman–Crippen LogP) is 3.01. The lowest BCUT2D eigenvalue weighted by molar-refractivity contribution is -0.156. The molecule has 3 rings (SSSR count). The molecular formula is C22H24ClN3O6. The van der Waals surface area contributed by atoms with Gasteiger partial charge in [0.05, 0.1) is 31.7 Å². The summed E-state index contributed by atoms with van der Waals surface area (Å²) >= 11 is 6.31. The first-order chi connectivity index (χ1) is 15.3. The number of ether oxygens (including phenoxy) is 2. The van der Waals surface area contributed by atoms with Crippen LogP contribution >= 0.6 is 11.6 Å². The topological polar surface area (TPSA) is 120 Å². The highest BCUT2D eigenvalue weighted by Gasteiger charge is 2.37. The van der Waals surface area contributed by atoms with Crippen molar-refractivity contribution in [3.05, 3.63) is 52.0 Å². The summed E-state index contributed by atoms with van der Waals surface area (Å²) in [5, 5.41) is 0.415. The minimum absolute atomic E-state index is 0.166. The van der Waals surface area contributed by atoms with Gasteiger partial charge in [0.15, 0.2) is 11.5 Å². The average molecular weight is 462 g/mol. The second-order valence-corrected chi connectivity index (χ2v) is 7.51. The molecule has 2 amide bonds. The molecule has 0 saturated carbocycles. The molecule has 9 nitrogen and oxygen atoms in total. The van der Waals surface area contributed by atoms with E-state index in [0.29, 0.717) is 45.5 Å². The molecule has 3 N–H and O–H groups in total. The zero-order valence-electron chi connectivity index (χ0n) is 17.9. The van der Waals surface area contributed by atoms with Crippen LogP contribution in [0.4, 0.5) is 5.69 Å². The molecule has 0 aliphatic carbocycles. The summed E-state index contributed by atoms with van der Waals surface area (Å²) in [6.45, 7) is 3.57. The Morgan fingerprint density at radius 1 is 1.25 bits per heavy atom. The molecule has 1 heterocycles. The number of amides is 2. The number of fused-ring (bicyclic) bond motifs is 1. The van der Waals surface area contributed by atoms with Crippen LogP contribution in [0.3, 0.4) is 0 Å². The van der Waals surface area contributed by atoms with Crippen LogP contribution in [0.15, 0.2) is 30.3 Å². The first kappa shape index (κ1) is 23.2. The van der Waals surface area contributed by atoms with Crippen LogP contribution in [0.25, 0.3) is 0 Å². The number of hydrogen-bond donors (Lipinski definition) is 2. The summed E-state index contributed by atoms with van der Waals surface area (Å²) in [5.41, 5.74) is 9.99. The number of hydrogen-bond acceptors (Lipinski definition) is 7. The zero-order chi connectivity index (χ0) is 23.4. The number of carbonyl (C=O) groups is 3.